The maximum absolute atomic E-state index is 12.4. The Kier molecular flexibility index (Phi) is 3.99. The number of likely N-dealkylation sites (N-methyl/N-ethyl adjacent to an activating group) is 2. The van der Waals surface area contributed by atoms with E-state index in [1.165, 1.54) is 9.80 Å². The minimum Gasteiger partial charge on any atom is -0.347 e. The zero-order chi connectivity index (χ0) is 14.2. The standard InChI is InChI=1S/C13H18BrN3O2/c1-15(2)12(18)8-16(3)13(19)11-6-9(14)7-17(11)10-4-5-10/h6-7,10H,4-5,8H2,1-3H3. The van der Waals surface area contributed by atoms with Gasteiger partial charge < -0.3 is 14.4 Å². The van der Waals surface area contributed by atoms with E-state index in [1.807, 2.05) is 16.8 Å². The second kappa shape index (κ2) is 5.36. The van der Waals surface area contributed by atoms with Crippen LogP contribution in [0.2, 0.25) is 0 Å². The molecule has 5 nitrogen and oxygen atoms in total. The van der Waals surface area contributed by atoms with Crippen molar-refractivity contribution in [2.75, 3.05) is 27.7 Å². The molecule has 0 unspecified atom stereocenters. The molecule has 0 saturated heterocycles. The number of nitrogens with zero attached hydrogens (tertiary/aromatic N) is 3. The van der Waals surface area contributed by atoms with Crippen LogP contribution in [-0.2, 0) is 4.79 Å². The van der Waals surface area contributed by atoms with Gasteiger partial charge in [0.2, 0.25) is 5.91 Å². The van der Waals surface area contributed by atoms with Gasteiger partial charge in [0.15, 0.2) is 0 Å². The van der Waals surface area contributed by atoms with Crippen LogP contribution >= 0.6 is 15.9 Å². The van der Waals surface area contributed by atoms with Crippen molar-refractivity contribution in [3.05, 3.63) is 22.4 Å². The van der Waals surface area contributed by atoms with E-state index in [1.54, 1.807) is 21.1 Å². The highest BCUT2D eigenvalue weighted by Gasteiger charge is 2.29. The van der Waals surface area contributed by atoms with E-state index in [2.05, 4.69) is 15.9 Å². The molecule has 2 rings (SSSR count). The van der Waals surface area contributed by atoms with Crippen LogP contribution in [0, 0.1) is 0 Å². The van der Waals surface area contributed by atoms with Crippen LogP contribution in [-0.4, -0.2) is 53.9 Å². The van der Waals surface area contributed by atoms with Gasteiger partial charge in [0.05, 0.1) is 6.54 Å². The van der Waals surface area contributed by atoms with Crippen molar-refractivity contribution in [1.29, 1.82) is 0 Å². The molecular formula is C13H18BrN3O2. The Labute approximate surface area is 121 Å². The number of hydrogen-bond donors (Lipinski definition) is 0. The third-order valence-corrected chi connectivity index (χ3v) is 3.63. The fraction of sp³-hybridized carbons (Fsp3) is 0.538. The molecule has 104 valence electrons. The van der Waals surface area contributed by atoms with E-state index in [0.717, 1.165) is 17.3 Å². The van der Waals surface area contributed by atoms with Gasteiger partial charge in [-0.3, -0.25) is 9.59 Å². The smallest absolute Gasteiger partial charge is 0.270 e. The molecule has 1 aliphatic carbocycles. The van der Waals surface area contributed by atoms with Crippen molar-refractivity contribution in [1.82, 2.24) is 14.4 Å². The lowest BCUT2D eigenvalue weighted by Gasteiger charge is -2.20. The molecule has 1 aromatic rings. The summed E-state index contributed by atoms with van der Waals surface area (Å²) in [6.07, 6.45) is 4.16. The van der Waals surface area contributed by atoms with E-state index in [9.17, 15) is 9.59 Å². The lowest BCUT2D eigenvalue weighted by Crippen LogP contribution is -2.38. The summed E-state index contributed by atoms with van der Waals surface area (Å²) in [6, 6.07) is 2.25. The minimum absolute atomic E-state index is 0.0838. The predicted molar refractivity (Wildman–Crippen MR) is 76.1 cm³/mol. The van der Waals surface area contributed by atoms with Crippen LogP contribution in [0.5, 0.6) is 0 Å². The molecule has 6 heteroatoms. The molecule has 0 radical (unpaired) electrons. The molecular weight excluding hydrogens is 310 g/mol. The molecule has 0 bridgehead atoms. The van der Waals surface area contributed by atoms with Gasteiger partial charge in [0.1, 0.15) is 5.69 Å². The first-order valence-corrected chi connectivity index (χ1v) is 7.02. The van der Waals surface area contributed by atoms with Gasteiger partial charge in [0, 0.05) is 37.9 Å². The highest BCUT2D eigenvalue weighted by atomic mass is 79.9. The molecule has 1 fully saturated rings. The first kappa shape index (κ1) is 14.1. The number of amides is 2. The minimum atomic E-state index is -0.118. The monoisotopic (exact) mass is 327 g/mol. The van der Waals surface area contributed by atoms with Gasteiger partial charge in [-0.2, -0.15) is 0 Å². The Bertz CT molecular complexity index is 506. The second-order valence-corrected chi connectivity index (χ2v) is 6.05. The summed E-state index contributed by atoms with van der Waals surface area (Å²) in [5.74, 6) is -0.202. The Morgan fingerprint density at radius 3 is 2.53 bits per heavy atom. The van der Waals surface area contributed by atoms with Crippen molar-refractivity contribution in [3.8, 4) is 0 Å². The van der Waals surface area contributed by atoms with Crippen molar-refractivity contribution in [3.63, 3.8) is 0 Å². The van der Waals surface area contributed by atoms with Gasteiger partial charge in [-0.05, 0) is 34.8 Å². The van der Waals surface area contributed by atoms with Crippen LogP contribution in [0.25, 0.3) is 0 Å². The summed E-state index contributed by atoms with van der Waals surface area (Å²) >= 11 is 3.40. The number of hydrogen-bond acceptors (Lipinski definition) is 2. The van der Waals surface area contributed by atoms with Crippen molar-refractivity contribution in [2.45, 2.75) is 18.9 Å². The summed E-state index contributed by atoms with van der Waals surface area (Å²) in [5, 5.41) is 0. The molecule has 2 amide bonds. The van der Waals surface area contributed by atoms with E-state index in [4.69, 9.17) is 0 Å². The number of aromatic nitrogens is 1. The highest BCUT2D eigenvalue weighted by molar-refractivity contribution is 9.10. The highest BCUT2D eigenvalue weighted by Crippen LogP contribution is 2.37. The molecule has 0 aromatic carbocycles. The van der Waals surface area contributed by atoms with E-state index < -0.39 is 0 Å². The fourth-order valence-corrected chi connectivity index (χ4v) is 2.32. The zero-order valence-corrected chi connectivity index (χ0v) is 13.0. The number of halogens is 1. The molecule has 1 heterocycles. The normalized spacial score (nSPS) is 14.3. The fourth-order valence-electron chi connectivity index (χ4n) is 1.88. The van der Waals surface area contributed by atoms with E-state index in [0.29, 0.717) is 11.7 Å². The van der Waals surface area contributed by atoms with Gasteiger partial charge in [-0.25, -0.2) is 0 Å². The summed E-state index contributed by atoms with van der Waals surface area (Å²) in [7, 11) is 5.02. The molecule has 0 aliphatic heterocycles. The lowest BCUT2D eigenvalue weighted by molar-refractivity contribution is -0.129. The summed E-state index contributed by atoms with van der Waals surface area (Å²) < 4.78 is 2.90. The molecule has 1 aromatic heterocycles. The van der Waals surface area contributed by atoms with Gasteiger partial charge in [-0.1, -0.05) is 0 Å². The van der Waals surface area contributed by atoms with Gasteiger partial charge in [0.25, 0.3) is 5.91 Å². The Hall–Kier alpha value is -1.30. The van der Waals surface area contributed by atoms with Crippen LogP contribution < -0.4 is 0 Å². The first-order valence-electron chi connectivity index (χ1n) is 6.23. The van der Waals surface area contributed by atoms with Crippen LogP contribution in [0.4, 0.5) is 0 Å². The number of rotatable bonds is 4. The maximum Gasteiger partial charge on any atom is 0.270 e. The van der Waals surface area contributed by atoms with Crippen molar-refractivity contribution < 1.29 is 9.59 Å². The maximum atomic E-state index is 12.4. The van der Waals surface area contributed by atoms with Crippen LogP contribution in [0.15, 0.2) is 16.7 Å². The second-order valence-electron chi connectivity index (χ2n) is 5.13. The largest absolute Gasteiger partial charge is 0.347 e. The number of carbonyl (C=O) groups is 2. The van der Waals surface area contributed by atoms with Gasteiger partial charge in [-0.15, -0.1) is 0 Å². The van der Waals surface area contributed by atoms with Crippen LogP contribution in [0.3, 0.4) is 0 Å². The average Bonchev–Trinajstić information content (AvgIpc) is 3.11. The van der Waals surface area contributed by atoms with Crippen molar-refractivity contribution in [2.24, 2.45) is 0 Å². The number of carbonyl (C=O) groups excluding carboxylic acids is 2. The third-order valence-electron chi connectivity index (χ3n) is 3.19. The molecule has 0 N–H and O–H groups in total. The Balaban J connectivity index is 2.12. The Morgan fingerprint density at radius 1 is 1.37 bits per heavy atom. The molecule has 0 spiro atoms. The lowest BCUT2D eigenvalue weighted by atomic mass is 10.3. The van der Waals surface area contributed by atoms with E-state index >= 15 is 0 Å². The summed E-state index contributed by atoms with van der Waals surface area (Å²) in [4.78, 5) is 27.0. The first-order chi connectivity index (χ1) is 8.90. The topological polar surface area (TPSA) is 45.6 Å². The zero-order valence-electron chi connectivity index (χ0n) is 11.4. The molecule has 19 heavy (non-hydrogen) atoms. The molecule has 1 saturated carbocycles. The molecule has 0 atom stereocenters. The predicted octanol–water partition coefficient (Wildman–Crippen LogP) is 1.75. The summed E-state index contributed by atoms with van der Waals surface area (Å²) in [6.45, 7) is 0.0965. The Morgan fingerprint density at radius 2 is 2.00 bits per heavy atom. The SMILES string of the molecule is CN(C)C(=O)CN(C)C(=O)c1cc(Br)cn1C1CC1. The van der Waals surface area contributed by atoms with Crippen LogP contribution in [0.1, 0.15) is 29.4 Å². The molecule has 1 aliphatic rings. The average molecular weight is 328 g/mol. The quantitative estimate of drug-likeness (QED) is 0.845. The van der Waals surface area contributed by atoms with E-state index in [-0.39, 0.29) is 18.4 Å². The van der Waals surface area contributed by atoms with Gasteiger partial charge >= 0.3 is 0 Å². The van der Waals surface area contributed by atoms with Crippen molar-refractivity contribution >= 4 is 27.7 Å². The summed E-state index contributed by atoms with van der Waals surface area (Å²) in [5.41, 5.74) is 0.642. The third kappa shape index (κ3) is 3.18.